The normalized spacial score (nSPS) is 11.5. The summed E-state index contributed by atoms with van der Waals surface area (Å²) in [7, 11) is 0. The minimum absolute atomic E-state index is 0.914. The first-order valence-electron chi connectivity index (χ1n) is 6.44. The van der Waals surface area contributed by atoms with Crippen molar-refractivity contribution in [1.82, 2.24) is 5.01 Å². The molecule has 0 unspecified atom stereocenters. The Morgan fingerprint density at radius 2 is 1.81 bits per heavy atom. The van der Waals surface area contributed by atoms with Gasteiger partial charge in [0.15, 0.2) is 0 Å². The fourth-order valence-corrected chi connectivity index (χ4v) is 1.53. The SMILES string of the molecule is C=NN(/C=C(\N)CCCCC)CCCCC. The van der Waals surface area contributed by atoms with E-state index in [2.05, 4.69) is 25.7 Å². The van der Waals surface area contributed by atoms with E-state index in [0.717, 1.165) is 25.1 Å². The first-order chi connectivity index (χ1) is 7.74. The van der Waals surface area contributed by atoms with Crippen LogP contribution in [0, 0.1) is 0 Å². The van der Waals surface area contributed by atoms with Crippen LogP contribution in [0.1, 0.15) is 58.8 Å². The average molecular weight is 225 g/mol. The van der Waals surface area contributed by atoms with Crippen molar-refractivity contribution in [3.8, 4) is 0 Å². The third-order valence-electron chi connectivity index (χ3n) is 2.56. The fourth-order valence-electron chi connectivity index (χ4n) is 1.53. The zero-order valence-corrected chi connectivity index (χ0v) is 10.9. The second-order valence-electron chi connectivity index (χ2n) is 4.17. The third-order valence-corrected chi connectivity index (χ3v) is 2.56. The van der Waals surface area contributed by atoms with Gasteiger partial charge in [0.1, 0.15) is 0 Å². The van der Waals surface area contributed by atoms with Crippen molar-refractivity contribution in [3.63, 3.8) is 0 Å². The highest BCUT2D eigenvalue weighted by Gasteiger charge is 1.98. The van der Waals surface area contributed by atoms with Crippen LogP contribution in [0.5, 0.6) is 0 Å². The molecule has 0 atom stereocenters. The van der Waals surface area contributed by atoms with Crippen molar-refractivity contribution in [3.05, 3.63) is 11.9 Å². The van der Waals surface area contributed by atoms with Crippen molar-refractivity contribution in [2.24, 2.45) is 10.8 Å². The molecule has 2 N–H and O–H groups in total. The molecule has 0 spiro atoms. The molecule has 0 aromatic carbocycles. The van der Waals surface area contributed by atoms with Gasteiger partial charge in [0.2, 0.25) is 0 Å². The molecule has 0 saturated heterocycles. The van der Waals surface area contributed by atoms with Gasteiger partial charge in [-0.25, -0.2) is 0 Å². The number of hydrogen-bond acceptors (Lipinski definition) is 3. The van der Waals surface area contributed by atoms with Crippen LogP contribution in [0.3, 0.4) is 0 Å². The maximum atomic E-state index is 5.93. The van der Waals surface area contributed by atoms with Crippen LogP contribution in [-0.2, 0) is 0 Å². The Morgan fingerprint density at radius 3 is 2.38 bits per heavy atom. The van der Waals surface area contributed by atoms with Gasteiger partial charge in [-0.3, -0.25) is 5.01 Å². The zero-order valence-electron chi connectivity index (χ0n) is 10.9. The number of hydrogen-bond donors (Lipinski definition) is 1. The lowest BCUT2D eigenvalue weighted by Crippen LogP contribution is -2.14. The molecule has 0 aliphatic rings. The molecule has 3 nitrogen and oxygen atoms in total. The topological polar surface area (TPSA) is 41.6 Å². The van der Waals surface area contributed by atoms with Crippen LogP contribution in [0.4, 0.5) is 0 Å². The van der Waals surface area contributed by atoms with Gasteiger partial charge in [-0.15, -0.1) is 0 Å². The van der Waals surface area contributed by atoms with Gasteiger partial charge >= 0.3 is 0 Å². The molecule has 16 heavy (non-hydrogen) atoms. The lowest BCUT2D eigenvalue weighted by atomic mass is 10.2. The Hall–Kier alpha value is -0.990. The summed E-state index contributed by atoms with van der Waals surface area (Å²) in [6, 6.07) is 0. The van der Waals surface area contributed by atoms with Gasteiger partial charge < -0.3 is 5.73 Å². The van der Waals surface area contributed by atoms with Gasteiger partial charge in [0.05, 0.1) is 0 Å². The number of unbranched alkanes of at least 4 members (excludes halogenated alkanes) is 4. The number of nitrogens with zero attached hydrogens (tertiary/aromatic N) is 2. The molecule has 0 saturated carbocycles. The lowest BCUT2D eigenvalue weighted by Gasteiger charge is -2.14. The van der Waals surface area contributed by atoms with E-state index in [1.807, 2.05) is 11.2 Å². The van der Waals surface area contributed by atoms with Crippen LogP contribution < -0.4 is 5.73 Å². The van der Waals surface area contributed by atoms with Crippen molar-refractivity contribution in [2.45, 2.75) is 58.8 Å². The third kappa shape index (κ3) is 8.33. The number of hydrazone groups is 1. The molecule has 0 aliphatic carbocycles. The fraction of sp³-hybridized carbons (Fsp3) is 0.769. The molecule has 3 heteroatoms. The van der Waals surface area contributed by atoms with Crippen LogP contribution in [0.15, 0.2) is 17.0 Å². The Labute approximate surface area is 100 Å². The molecule has 0 radical (unpaired) electrons. The van der Waals surface area contributed by atoms with E-state index in [-0.39, 0.29) is 0 Å². The van der Waals surface area contributed by atoms with Crippen molar-refractivity contribution >= 4 is 6.72 Å². The van der Waals surface area contributed by atoms with Gasteiger partial charge in [-0.05, 0) is 19.3 Å². The summed E-state index contributed by atoms with van der Waals surface area (Å²) >= 11 is 0. The van der Waals surface area contributed by atoms with Gasteiger partial charge in [-0.1, -0.05) is 39.5 Å². The summed E-state index contributed by atoms with van der Waals surface area (Å²) in [6.45, 7) is 8.88. The second-order valence-corrected chi connectivity index (χ2v) is 4.17. The van der Waals surface area contributed by atoms with E-state index in [1.165, 1.54) is 32.1 Å². The van der Waals surface area contributed by atoms with E-state index in [9.17, 15) is 0 Å². The number of rotatable bonds is 10. The minimum Gasteiger partial charge on any atom is -0.401 e. The molecular weight excluding hydrogens is 198 g/mol. The van der Waals surface area contributed by atoms with E-state index < -0.39 is 0 Å². The van der Waals surface area contributed by atoms with Crippen LogP contribution >= 0.6 is 0 Å². The summed E-state index contributed by atoms with van der Waals surface area (Å²) in [6.07, 6.45) is 10.1. The Kier molecular flexibility index (Phi) is 9.87. The van der Waals surface area contributed by atoms with E-state index in [4.69, 9.17) is 5.73 Å². The molecule has 0 aromatic rings. The Balaban J connectivity index is 3.86. The highest BCUT2D eigenvalue weighted by Crippen LogP contribution is 2.06. The van der Waals surface area contributed by atoms with E-state index >= 15 is 0 Å². The molecule has 0 bridgehead atoms. The molecule has 94 valence electrons. The highest BCUT2D eigenvalue weighted by atomic mass is 15.4. The van der Waals surface area contributed by atoms with E-state index in [0.29, 0.717) is 0 Å². The smallest absolute Gasteiger partial charge is 0.0419 e. The lowest BCUT2D eigenvalue weighted by molar-refractivity contribution is 0.383. The average Bonchev–Trinajstić information content (AvgIpc) is 2.28. The Bertz CT molecular complexity index is 199. The van der Waals surface area contributed by atoms with Crippen molar-refractivity contribution in [2.75, 3.05) is 6.54 Å². The molecule has 0 aliphatic heterocycles. The Morgan fingerprint density at radius 1 is 1.19 bits per heavy atom. The summed E-state index contributed by atoms with van der Waals surface area (Å²) < 4.78 is 0. The van der Waals surface area contributed by atoms with Gasteiger partial charge in [0, 0.05) is 25.2 Å². The summed E-state index contributed by atoms with van der Waals surface area (Å²) in [4.78, 5) is 0. The first-order valence-corrected chi connectivity index (χ1v) is 6.44. The molecular formula is C13H27N3. The molecule has 0 amide bonds. The van der Waals surface area contributed by atoms with Gasteiger partial charge in [0.25, 0.3) is 0 Å². The summed E-state index contributed by atoms with van der Waals surface area (Å²) in [5, 5.41) is 5.81. The summed E-state index contributed by atoms with van der Waals surface area (Å²) in [5.74, 6) is 0. The first kappa shape index (κ1) is 15.0. The van der Waals surface area contributed by atoms with E-state index in [1.54, 1.807) is 0 Å². The minimum atomic E-state index is 0.914. The predicted molar refractivity (Wildman–Crippen MR) is 72.2 cm³/mol. The maximum Gasteiger partial charge on any atom is 0.0419 e. The predicted octanol–water partition coefficient (Wildman–Crippen LogP) is 3.47. The van der Waals surface area contributed by atoms with Crippen LogP contribution in [0.25, 0.3) is 0 Å². The zero-order chi connectivity index (χ0) is 12.2. The van der Waals surface area contributed by atoms with Crippen molar-refractivity contribution in [1.29, 1.82) is 0 Å². The van der Waals surface area contributed by atoms with Crippen LogP contribution in [0.2, 0.25) is 0 Å². The maximum absolute atomic E-state index is 5.93. The molecule has 0 heterocycles. The quantitative estimate of drug-likeness (QED) is 0.351. The van der Waals surface area contributed by atoms with Crippen LogP contribution in [-0.4, -0.2) is 18.3 Å². The molecule has 0 rings (SSSR count). The number of nitrogens with two attached hydrogens (primary N) is 1. The van der Waals surface area contributed by atoms with Gasteiger partial charge in [-0.2, -0.15) is 5.10 Å². The number of allylic oxidation sites excluding steroid dienone is 1. The monoisotopic (exact) mass is 225 g/mol. The molecule has 0 aromatic heterocycles. The largest absolute Gasteiger partial charge is 0.401 e. The highest BCUT2D eigenvalue weighted by molar-refractivity contribution is 5.23. The second kappa shape index (κ2) is 10.5. The van der Waals surface area contributed by atoms with Crippen molar-refractivity contribution < 1.29 is 0 Å². The standard InChI is InChI=1S/C13H27N3/c1-4-6-8-10-13(14)12-16(15-3)11-9-7-5-2/h12H,3-11,14H2,1-2H3/b13-12-. The summed E-state index contributed by atoms with van der Waals surface area (Å²) in [5.41, 5.74) is 6.84. The molecule has 0 fully saturated rings.